The van der Waals surface area contributed by atoms with Gasteiger partial charge in [-0.15, -0.1) is 0 Å². The van der Waals surface area contributed by atoms with Gasteiger partial charge in [0.1, 0.15) is 0 Å². The summed E-state index contributed by atoms with van der Waals surface area (Å²) in [6.45, 7) is 0. The summed E-state index contributed by atoms with van der Waals surface area (Å²) >= 11 is 0. The number of aromatic nitrogens is 2. The molecule has 2 aromatic rings. The van der Waals surface area contributed by atoms with E-state index in [-0.39, 0.29) is 6.04 Å². The largest absolute Gasteiger partial charge is 0.308 e. The molecule has 0 amide bonds. The summed E-state index contributed by atoms with van der Waals surface area (Å²) in [4.78, 5) is 0.330. The van der Waals surface area contributed by atoms with Crippen LogP contribution in [0.15, 0.2) is 41.4 Å². The van der Waals surface area contributed by atoms with E-state index in [0.717, 1.165) is 11.3 Å². The average molecular weight is 279 g/mol. The van der Waals surface area contributed by atoms with Gasteiger partial charge in [0.2, 0.25) is 0 Å². The Morgan fingerprint density at radius 3 is 2.26 bits per heavy atom. The van der Waals surface area contributed by atoms with Crippen LogP contribution >= 0.6 is 0 Å². The molecule has 1 N–H and O–H groups in total. The van der Waals surface area contributed by atoms with Crippen molar-refractivity contribution in [2.24, 2.45) is 7.05 Å². The maximum Gasteiger partial charge on any atom is 0.175 e. The topological polar surface area (TPSA) is 64.0 Å². The van der Waals surface area contributed by atoms with Gasteiger partial charge in [0.15, 0.2) is 9.84 Å². The molecule has 1 atom stereocenters. The quantitative estimate of drug-likeness (QED) is 0.911. The molecule has 0 fully saturated rings. The fourth-order valence-electron chi connectivity index (χ4n) is 2.06. The van der Waals surface area contributed by atoms with E-state index in [0.29, 0.717) is 4.90 Å². The minimum Gasteiger partial charge on any atom is -0.308 e. The van der Waals surface area contributed by atoms with Crippen molar-refractivity contribution in [3.63, 3.8) is 0 Å². The summed E-state index contributed by atoms with van der Waals surface area (Å²) in [6.07, 6.45) is 2.95. The molecule has 0 radical (unpaired) electrons. The van der Waals surface area contributed by atoms with Crippen LogP contribution in [0.2, 0.25) is 0 Å². The van der Waals surface area contributed by atoms with Gasteiger partial charge in [0, 0.05) is 19.5 Å². The minimum absolute atomic E-state index is 0.0129. The van der Waals surface area contributed by atoms with Gasteiger partial charge in [0.05, 0.1) is 16.6 Å². The minimum atomic E-state index is -3.15. The Morgan fingerprint density at radius 2 is 1.84 bits per heavy atom. The monoisotopic (exact) mass is 279 g/mol. The van der Waals surface area contributed by atoms with Crippen LogP contribution in [-0.4, -0.2) is 31.5 Å². The van der Waals surface area contributed by atoms with Gasteiger partial charge in [-0.2, -0.15) is 5.10 Å². The van der Waals surface area contributed by atoms with Gasteiger partial charge < -0.3 is 5.32 Å². The second-order valence-corrected chi connectivity index (χ2v) is 6.46. The van der Waals surface area contributed by atoms with Gasteiger partial charge in [0.25, 0.3) is 0 Å². The molecule has 5 nitrogen and oxygen atoms in total. The van der Waals surface area contributed by atoms with Crippen LogP contribution in [0.1, 0.15) is 17.3 Å². The second-order valence-electron chi connectivity index (χ2n) is 4.44. The molecule has 2 rings (SSSR count). The number of rotatable bonds is 4. The number of nitrogens with zero attached hydrogens (tertiary/aromatic N) is 2. The third-order valence-electron chi connectivity index (χ3n) is 3.08. The van der Waals surface area contributed by atoms with Crippen LogP contribution in [0.25, 0.3) is 0 Å². The standard InChI is InChI=1S/C13H17N3O2S/c1-14-13(12-8-9-15-16(12)2)10-4-6-11(7-5-10)19(3,17)18/h4-9,13-14H,1-3H3. The van der Waals surface area contributed by atoms with E-state index in [1.807, 2.05) is 32.3 Å². The molecule has 6 heteroatoms. The second kappa shape index (κ2) is 5.14. The van der Waals surface area contributed by atoms with E-state index in [1.54, 1.807) is 23.0 Å². The first kappa shape index (κ1) is 13.8. The van der Waals surface area contributed by atoms with Crippen molar-refractivity contribution in [2.45, 2.75) is 10.9 Å². The van der Waals surface area contributed by atoms with Gasteiger partial charge in [-0.1, -0.05) is 12.1 Å². The lowest BCUT2D eigenvalue weighted by Crippen LogP contribution is -2.20. The fourth-order valence-corrected chi connectivity index (χ4v) is 2.69. The van der Waals surface area contributed by atoms with Crippen LogP contribution in [0.3, 0.4) is 0 Å². The van der Waals surface area contributed by atoms with E-state index in [1.165, 1.54) is 6.26 Å². The summed E-state index contributed by atoms with van der Waals surface area (Å²) < 4.78 is 24.7. The molecule has 19 heavy (non-hydrogen) atoms. The number of aryl methyl sites for hydroxylation is 1. The Labute approximate surface area is 113 Å². The van der Waals surface area contributed by atoms with Crippen molar-refractivity contribution < 1.29 is 8.42 Å². The molecule has 0 aliphatic rings. The van der Waals surface area contributed by atoms with Gasteiger partial charge in [-0.05, 0) is 30.8 Å². The Bertz CT molecular complexity index is 659. The lowest BCUT2D eigenvalue weighted by atomic mass is 10.0. The molecule has 0 aliphatic carbocycles. The van der Waals surface area contributed by atoms with Crippen LogP contribution in [0, 0.1) is 0 Å². The molecule has 0 spiro atoms. The summed E-state index contributed by atoms with van der Waals surface area (Å²) in [5.41, 5.74) is 2.02. The molecule has 0 aliphatic heterocycles. The number of hydrogen-bond donors (Lipinski definition) is 1. The van der Waals surface area contributed by atoms with Crippen LogP contribution in [-0.2, 0) is 16.9 Å². The molecule has 1 heterocycles. The lowest BCUT2D eigenvalue weighted by molar-refractivity contribution is 0.599. The zero-order chi connectivity index (χ0) is 14.0. The Balaban J connectivity index is 2.38. The SMILES string of the molecule is CNC(c1ccc(S(C)(=O)=O)cc1)c1ccnn1C. The predicted octanol–water partition coefficient (Wildman–Crippen LogP) is 1.13. The van der Waals surface area contributed by atoms with E-state index < -0.39 is 9.84 Å². The highest BCUT2D eigenvalue weighted by molar-refractivity contribution is 7.90. The molecule has 0 saturated heterocycles. The predicted molar refractivity (Wildman–Crippen MR) is 73.7 cm³/mol. The molecule has 102 valence electrons. The van der Waals surface area contributed by atoms with Gasteiger partial charge in [-0.25, -0.2) is 8.42 Å². The first-order valence-corrected chi connectivity index (χ1v) is 7.78. The van der Waals surface area contributed by atoms with Crippen LogP contribution < -0.4 is 5.32 Å². The van der Waals surface area contributed by atoms with Crippen molar-refractivity contribution in [3.8, 4) is 0 Å². The number of nitrogens with one attached hydrogen (secondary N) is 1. The maximum absolute atomic E-state index is 11.4. The first-order chi connectivity index (χ1) is 8.93. The summed E-state index contributed by atoms with van der Waals surface area (Å²) in [5, 5.41) is 7.36. The van der Waals surface area contributed by atoms with E-state index in [4.69, 9.17) is 0 Å². The van der Waals surface area contributed by atoms with Crippen LogP contribution in [0.4, 0.5) is 0 Å². The molecule has 0 bridgehead atoms. The van der Waals surface area contributed by atoms with E-state index in [9.17, 15) is 8.42 Å². The molecular weight excluding hydrogens is 262 g/mol. The smallest absolute Gasteiger partial charge is 0.175 e. The highest BCUT2D eigenvalue weighted by atomic mass is 32.2. The zero-order valence-electron chi connectivity index (χ0n) is 11.2. The maximum atomic E-state index is 11.4. The summed E-state index contributed by atoms with van der Waals surface area (Å²) in [7, 11) is 0.591. The lowest BCUT2D eigenvalue weighted by Gasteiger charge is -2.17. The average Bonchev–Trinajstić information content (AvgIpc) is 2.76. The molecular formula is C13H17N3O2S. The summed E-state index contributed by atoms with van der Waals surface area (Å²) in [6, 6.07) is 8.83. The highest BCUT2D eigenvalue weighted by Crippen LogP contribution is 2.22. The number of hydrogen-bond acceptors (Lipinski definition) is 4. The van der Waals surface area contributed by atoms with Crippen molar-refractivity contribution in [3.05, 3.63) is 47.8 Å². The Hall–Kier alpha value is -1.66. The van der Waals surface area contributed by atoms with Crippen molar-refractivity contribution >= 4 is 9.84 Å². The molecule has 0 saturated carbocycles. The summed E-state index contributed by atoms with van der Waals surface area (Å²) in [5.74, 6) is 0. The van der Waals surface area contributed by atoms with Crippen molar-refractivity contribution in [1.82, 2.24) is 15.1 Å². The first-order valence-electron chi connectivity index (χ1n) is 5.88. The zero-order valence-corrected chi connectivity index (χ0v) is 12.0. The van der Waals surface area contributed by atoms with Gasteiger partial charge in [-0.3, -0.25) is 4.68 Å². The molecule has 1 aromatic heterocycles. The van der Waals surface area contributed by atoms with Gasteiger partial charge >= 0.3 is 0 Å². The third-order valence-corrected chi connectivity index (χ3v) is 4.21. The Morgan fingerprint density at radius 1 is 1.21 bits per heavy atom. The van der Waals surface area contributed by atoms with Crippen molar-refractivity contribution in [1.29, 1.82) is 0 Å². The van der Waals surface area contributed by atoms with Crippen LogP contribution in [0.5, 0.6) is 0 Å². The van der Waals surface area contributed by atoms with E-state index >= 15 is 0 Å². The van der Waals surface area contributed by atoms with Crippen molar-refractivity contribution in [2.75, 3.05) is 13.3 Å². The number of sulfone groups is 1. The van der Waals surface area contributed by atoms with E-state index in [2.05, 4.69) is 10.4 Å². The third kappa shape index (κ3) is 2.85. The fraction of sp³-hybridized carbons (Fsp3) is 0.308. The molecule has 1 aromatic carbocycles. The highest BCUT2D eigenvalue weighted by Gasteiger charge is 2.16. The normalized spacial score (nSPS) is 13.4. The number of benzene rings is 1. The molecule has 1 unspecified atom stereocenters. The Kier molecular flexibility index (Phi) is 3.73.